The zero-order valence-corrected chi connectivity index (χ0v) is 10.7. The molecule has 2 atom stereocenters. The van der Waals surface area contributed by atoms with Crippen LogP contribution >= 0.6 is 0 Å². The van der Waals surface area contributed by atoms with Crippen molar-refractivity contribution in [3.63, 3.8) is 0 Å². The molecule has 0 fully saturated rings. The summed E-state index contributed by atoms with van der Waals surface area (Å²) in [6, 6.07) is 15.2. The first-order chi connectivity index (χ1) is 9.84. The molecular formula is C16H13FN2O. The zero-order chi connectivity index (χ0) is 13.5. The fourth-order valence-corrected chi connectivity index (χ4v) is 2.90. The molecule has 0 radical (unpaired) electrons. The van der Waals surface area contributed by atoms with Gasteiger partial charge in [-0.3, -0.25) is 0 Å². The van der Waals surface area contributed by atoms with E-state index in [1.54, 1.807) is 6.07 Å². The normalized spacial score (nSPS) is 23.1. The topological polar surface area (TPSA) is 33.6 Å². The van der Waals surface area contributed by atoms with E-state index in [0.717, 1.165) is 11.3 Å². The van der Waals surface area contributed by atoms with E-state index in [1.807, 2.05) is 24.3 Å². The number of halogens is 1. The highest BCUT2D eigenvalue weighted by Gasteiger charge is 2.39. The molecule has 100 valence electrons. The van der Waals surface area contributed by atoms with Crippen LogP contribution in [0.2, 0.25) is 0 Å². The molecule has 1 N–H and O–H groups in total. The van der Waals surface area contributed by atoms with Crippen LogP contribution in [-0.4, -0.2) is 12.3 Å². The van der Waals surface area contributed by atoms with Crippen molar-refractivity contribution in [2.75, 3.05) is 6.61 Å². The molecule has 4 rings (SSSR count). The van der Waals surface area contributed by atoms with Gasteiger partial charge in [-0.05, 0) is 17.7 Å². The third-order valence-electron chi connectivity index (χ3n) is 3.89. The molecule has 2 aliphatic rings. The Kier molecular flexibility index (Phi) is 2.49. The van der Waals surface area contributed by atoms with Crippen molar-refractivity contribution in [3.8, 4) is 5.75 Å². The largest absolute Gasteiger partial charge is 0.489 e. The molecule has 0 saturated heterocycles. The Morgan fingerprint density at radius 3 is 2.80 bits per heavy atom. The van der Waals surface area contributed by atoms with Crippen molar-refractivity contribution in [2.45, 2.75) is 6.04 Å². The molecule has 4 heteroatoms. The van der Waals surface area contributed by atoms with Crippen LogP contribution in [0.1, 0.15) is 17.2 Å². The van der Waals surface area contributed by atoms with Crippen LogP contribution in [0, 0.1) is 11.7 Å². The first-order valence-corrected chi connectivity index (χ1v) is 6.64. The lowest BCUT2D eigenvalue weighted by Crippen LogP contribution is -2.31. The quantitative estimate of drug-likeness (QED) is 0.862. The van der Waals surface area contributed by atoms with Crippen molar-refractivity contribution < 1.29 is 9.13 Å². The van der Waals surface area contributed by atoms with Crippen molar-refractivity contribution in [2.24, 2.45) is 11.0 Å². The molecule has 20 heavy (non-hydrogen) atoms. The number of hydrogen-bond acceptors (Lipinski definition) is 3. The molecule has 2 heterocycles. The second-order valence-corrected chi connectivity index (χ2v) is 5.05. The van der Waals surface area contributed by atoms with Crippen LogP contribution in [0.3, 0.4) is 0 Å². The number of benzene rings is 2. The van der Waals surface area contributed by atoms with Gasteiger partial charge in [0.2, 0.25) is 0 Å². The predicted molar refractivity (Wildman–Crippen MR) is 74.2 cm³/mol. The first-order valence-electron chi connectivity index (χ1n) is 6.64. The fraction of sp³-hybridized carbons (Fsp3) is 0.188. The highest BCUT2D eigenvalue weighted by molar-refractivity contribution is 6.06. The van der Waals surface area contributed by atoms with Crippen LogP contribution in [0.5, 0.6) is 5.75 Å². The average molecular weight is 268 g/mol. The monoisotopic (exact) mass is 268 g/mol. The molecule has 2 aromatic rings. The Morgan fingerprint density at radius 2 is 1.95 bits per heavy atom. The summed E-state index contributed by atoms with van der Waals surface area (Å²) in [4.78, 5) is 0. The molecule has 0 aromatic heterocycles. The summed E-state index contributed by atoms with van der Waals surface area (Å²) in [6.07, 6.45) is 0. The van der Waals surface area contributed by atoms with Crippen molar-refractivity contribution in [1.82, 2.24) is 5.43 Å². The van der Waals surface area contributed by atoms with Gasteiger partial charge in [-0.1, -0.05) is 36.4 Å². The maximum absolute atomic E-state index is 13.7. The average Bonchev–Trinajstić information content (AvgIpc) is 2.93. The third-order valence-corrected chi connectivity index (χ3v) is 3.89. The number of para-hydroxylation sites is 1. The van der Waals surface area contributed by atoms with Gasteiger partial charge >= 0.3 is 0 Å². The van der Waals surface area contributed by atoms with Gasteiger partial charge in [-0.15, -0.1) is 0 Å². The fourth-order valence-electron chi connectivity index (χ4n) is 2.90. The van der Waals surface area contributed by atoms with E-state index in [-0.39, 0.29) is 17.8 Å². The zero-order valence-electron chi connectivity index (χ0n) is 10.7. The van der Waals surface area contributed by atoms with Crippen LogP contribution in [0.25, 0.3) is 0 Å². The SMILES string of the molecule is Fc1cccc2c1OCC1C2=NNC1c1ccccc1. The number of hydrazone groups is 1. The summed E-state index contributed by atoms with van der Waals surface area (Å²) in [6.45, 7) is 0.444. The summed E-state index contributed by atoms with van der Waals surface area (Å²) in [5.74, 6) is 0.108. The number of ether oxygens (including phenoxy) is 1. The molecule has 3 nitrogen and oxygen atoms in total. The van der Waals surface area contributed by atoms with Crippen LogP contribution in [0.4, 0.5) is 4.39 Å². The number of hydrogen-bond donors (Lipinski definition) is 1. The second kappa shape index (κ2) is 4.34. The van der Waals surface area contributed by atoms with E-state index in [2.05, 4.69) is 22.7 Å². The first kappa shape index (κ1) is 11.5. The van der Waals surface area contributed by atoms with E-state index in [4.69, 9.17) is 4.74 Å². The lowest BCUT2D eigenvalue weighted by Gasteiger charge is -2.27. The molecule has 0 saturated carbocycles. The molecule has 0 aliphatic carbocycles. The van der Waals surface area contributed by atoms with Gasteiger partial charge in [0, 0.05) is 5.56 Å². The van der Waals surface area contributed by atoms with Crippen molar-refractivity contribution in [3.05, 3.63) is 65.5 Å². The van der Waals surface area contributed by atoms with Gasteiger partial charge in [0.05, 0.1) is 24.3 Å². The van der Waals surface area contributed by atoms with Gasteiger partial charge in [-0.25, -0.2) is 4.39 Å². The molecular weight excluding hydrogens is 255 g/mol. The van der Waals surface area contributed by atoms with E-state index >= 15 is 0 Å². The molecule has 0 bridgehead atoms. The predicted octanol–water partition coefficient (Wildman–Crippen LogP) is 2.88. The van der Waals surface area contributed by atoms with Gasteiger partial charge < -0.3 is 10.2 Å². The summed E-state index contributed by atoms with van der Waals surface area (Å²) in [5, 5.41) is 4.42. The second-order valence-electron chi connectivity index (χ2n) is 5.05. The molecule has 0 amide bonds. The lowest BCUT2D eigenvalue weighted by atomic mass is 9.86. The number of fused-ring (bicyclic) bond motifs is 3. The molecule has 2 aromatic carbocycles. The van der Waals surface area contributed by atoms with E-state index in [0.29, 0.717) is 12.4 Å². The van der Waals surface area contributed by atoms with Crippen molar-refractivity contribution in [1.29, 1.82) is 0 Å². The smallest absolute Gasteiger partial charge is 0.165 e. The molecule has 0 spiro atoms. The number of nitrogens with one attached hydrogen (secondary N) is 1. The van der Waals surface area contributed by atoms with Gasteiger partial charge in [0.15, 0.2) is 11.6 Å². The number of nitrogens with zero attached hydrogens (tertiary/aromatic N) is 1. The maximum Gasteiger partial charge on any atom is 0.165 e. The maximum atomic E-state index is 13.7. The molecule has 2 aliphatic heterocycles. The van der Waals surface area contributed by atoms with Crippen molar-refractivity contribution >= 4 is 5.71 Å². The minimum absolute atomic E-state index is 0.0858. The molecule has 2 unspecified atom stereocenters. The van der Waals surface area contributed by atoms with Crippen LogP contribution < -0.4 is 10.2 Å². The summed E-state index contributed by atoms with van der Waals surface area (Å²) < 4.78 is 19.4. The Hall–Kier alpha value is -2.36. The summed E-state index contributed by atoms with van der Waals surface area (Å²) in [7, 11) is 0. The highest BCUT2D eigenvalue weighted by Crippen LogP contribution is 2.38. The third kappa shape index (κ3) is 1.61. The van der Waals surface area contributed by atoms with Gasteiger partial charge in [0.25, 0.3) is 0 Å². The van der Waals surface area contributed by atoms with E-state index < -0.39 is 0 Å². The standard InChI is InChI=1S/C16H13FN2O/c17-13-8-4-7-11-15-12(9-20-16(11)13)14(18-19-15)10-5-2-1-3-6-10/h1-8,12,14,18H,9H2. The Labute approximate surface area is 116 Å². The highest BCUT2D eigenvalue weighted by atomic mass is 19.1. The number of rotatable bonds is 1. The minimum atomic E-state index is -0.327. The Bertz CT molecular complexity index is 684. The Balaban J connectivity index is 1.73. The van der Waals surface area contributed by atoms with Gasteiger partial charge in [0.1, 0.15) is 0 Å². The summed E-state index contributed by atoms with van der Waals surface area (Å²) >= 11 is 0. The minimum Gasteiger partial charge on any atom is -0.489 e. The van der Waals surface area contributed by atoms with E-state index in [1.165, 1.54) is 11.6 Å². The summed E-state index contributed by atoms with van der Waals surface area (Å²) in [5.41, 5.74) is 5.97. The van der Waals surface area contributed by atoms with Crippen LogP contribution in [-0.2, 0) is 0 Å². The lowest BCUT2D eigenvalue weighted by molar-refractivity contribution is 0.243. The Morgan fingerprint density at radius 1 is 1.10 bits per heavy atom. The van der Waals surface area contributed by atoms with Gasteiger partial charge in [-0.2, -0.15) is 5.10 Å². The van der Waals surface area contributed by atoms with E-state index in [9.17, 15) is 4.39 Å². The van der Waals surface area contributed by atoms with Crippen LogP contribution in [0.15, 0.2) is 53.6 Å².